The third-order valence-corrected chi connectivity index (χ3v) is 3.38. The van der Waals surface area contributed by atoms with Crippen molar-refractivity contribution in [1.29, 1.82) is 0 Å². The number of alkyl halides is 1. The van der Waals surface area contributed by atoms with E-state index >= 15 is 0 Å². The van der Waals surface area contributed by atoms with Gasteiger partial charge in [-0.15, -0.1) is 11.6 Å². The zero-order chi connectivity index (χ0) is 14.5. The highest BCUT2D eigenvalue weighted by molar-refractivity contribution is 6.31. The van der Waals surface area contributed by atoms with Gasteiger partial charge in [0, 0.05) is 23.6 Å². The second-order valence-corrected chi connectivity index (χ2v) is 4.77. The van der Waals surface area contributed by atoms with Gasteiger partial charge in [-0.3, -0.25) is 10.1 Å². The van der Waals surface area contributed by atoms with Crippen molar-refractivity contribution < 1.29 is 9.66 Å². The number of ether oxygens (including phenoxy) is 1. The zero-order valence-corrected chi connectivity index (χ0v) is 11.9. The van der Waals surface area contributed by atoms with Gasteiger partial charge in [0.25, 0.3) is 5.69 Å². The minimum atomic E-state index is -0.485. The third-order valence-electron chi connectivity index (χ3n) is 2.72. The Morgan fingerprint density at radius 1 is 1.15 bits per heavy atom. The molecule has 0 atom stereocenters. The van der Waals surface area contributed by atoms with Gasteiger partial charge in [0.2, 0.25) is 0 Å². The summed E-state index contributed by atoms with van der Waals surface area (Å²) in [6.45, 7) is 0.247. The van der Waals surface area contributed by atoms with Crippen molar-refractivity contribution in [2.24, 2.45) is 0 Å². The highest BCUT2D eigenvalue weighted by Crippen LogP contribution is 2.24. The van der Waals surface area contributed by atoms with Crippen LogP contribution < -0.4 is 4.74 Å². The Balaban J connectivity index is 2.04. The Bertz CT molecular complexity index is 614. The molecule has 20 heavy (non-hydrogen) atoms. The van der Waals surface area contributed by atoms with Gasteiger partial charge in [0.15, 0.2) is 0 Å². The lowest BCUT2D eigenvalue weighted by Gasteiger charge is -2.08. The normalized spacial score (nSPS) is 10.3. The first-order valence-electron chi connectivity index (χ1n) is 5.80. The second kappa shape index (κ2) is 6.59. The Labute approximate surface area is 126 Å². The SMILES string of the molecule is O=[N+]([O-])c1ccc(COc2ccc(CCl)cc2)c(Cl)c1. The van der Waals surface area contributed by atoms with Crippen LogP contribution in [-0.2, 0) is 12.5 Å². The van der Waals surface area contributed by atoms with E-state index in [1.54, 1.807) is 6.07 Å². The number of nitrogens with zero attached hydrogens (tertiary/aromatic N) is 1. The molecule has 0 fully saturated rings. The molecule has 2 rings (SSSR count). The molecule has 2 aromatic rings. The van der Waals surface area contributed by atoms with Crippen LogP contribution in [0, 0.1) is 10.1 Å². The first-order valence-corrected chi connectivity index (χ1v) is 6.72. The van der Waals surface area contributed by atoms with Gasteiger partial charge in [-0.2, -0.15) is 0 Å². The smallest absolute Gasteiger partial charge is 0.270 e. The predicted octanol–water partition coefficient (Wildman–Crippen LogP) is 4.57. The van der Waals surface area contributed by atoms with Crippen molar-refractivity contribution in [2.75, 3.05) is 0 Å². The van der Waals surface area contributed by atoms with Crippen LogP contribution in [-0.4, -0.2) is 4.92 Å². The average Bonchev–Trinajstić information content (AvgIpc) is 2.46. The summed E-state index contributed by atoms with van der Waals surface area (Å²) in [6, 6.07) is 11.7. The Hall–Kier alpha value is -1.78. The van der Waals surface area contributed by atoms with Crippen LogP contribution in [0.4, 0.5) is 5.69 Å². The number of hydrogen-bond donors (Lipinski definition) is 0. The summed E-state index contributed by atoms with van der Waals surface area (Å²) in [4.78, 5) is 10.1. The zero-order valence-electron chi connectivity index (χ0n) is 10.4. The number of hydrogen-bond acceptors (Lipinski definition) is 3. The molecule has 0 saturated heterocycles. The summed E-state index contributed by atoms with van der Waals surface area (Å²) in [5, 5.41) is 10.9. The molecule has 2 aromatic carbocycles. The van der Waals surface area contributed by atoms with Gasteiger partial charge in [-0.25, -0.2) is 0 Å². The fourth-order valence-corrected chi connectivity index (χ4v) is 2.01. The standard InChI is InChI=1S/C14H11Cl2NO3/c15-8-10-1-5-13(6-2-10)20-9-11-3-4-12(17(18)19)7-14(11)16/h1-7H,8-9H2. The molecule has 0 unspecified atom stereocenters. The second-order valence-electron chi connectivity index (χ2n) is 4.10. The van der Waals surface area contributed by atoms with Crippen LogP contribution in [0.25, 0.3) is 0 Å². The van der Waals surface area contributed by atoms with Crippen LogP contribution >= 0.6 is 23.2 Å². The highest BCUT2D eigenvalue weighted by atomic mass is 35.5. The van der Waals surface area contributed by atoms with Crippen molar-refractivity contribution in [2.45, 2.75) is 12.5 Å². The molecule has 6 heteroatoms. The van der Waals surface area contributed by atoms with Gasteiger partial charge in [0.1, 0.15) is 12.4 Å². The van der Waals surface area contributed by atoms with Crippen LogP contribution in [0.1, 0.15) is 11.1 Å². The van der Waals surface area contributed by atoms with E-state index < -0.39 is 4.92 Å². The van der Waals surface area contributed by atoms with Crippen molar-refractivity contribution in [3.63, 3.8) is 0 Å². The molecule has 104 valence electrons. The van der Waals surface area contributed by atoms with Gasteiger partial charge < -0.3 is 4.74 Å². The summed E-state index contributed by atoms with van der Waals surface area (Å²) in [6.07, 6.45) is 0. The molecule has 0 amide bonds. The van der Waals surface area contributed by atoms with Gasteiger partial charge in [-0.1, -0.05) is 23.7 Å². The monoisotopic (exact) mass is 311 g/mol. The summed E-state index contributed by atoms with van der Waals surface area (Å²) < 4.78 is 5.58. The largest absolute Gasteiger partial charge is 0.489 e. The lowest BCUT2D eigenvalue weighted by Crippen LogP contribution is -1.97. The molecular weight excluding hydrogens is 301 g/mol. The van der Waals surface area contributed by atoms with E-state index in [1.807, 2.05) is 24.3 Å². The van der Waals surface area contributed by atoms with Crippen LogP contribution in [0.2, 0.25) is 5.02 Å². The molecule has 0 aliphatic heterocycles. The lowest BCUT2D eigenvalue weighted by atomic mass is 10.2. The summed E-state index contributed by atoms with van der Waals surface area (Å²) in [7, 11) is 0. The maximum absolute atomic E-state index is 10.6. The lowest BCUT2D eigenvalue weighted by molar-refractivity contribution is -0.384. The molecular formula is C14H11Cl2NO3. The number of rotatable bonds is 5. The maximum atomic E-state index is 10.6. The molecule has 0 spiro atoms. The fourth-order valence-electron chi connectivity index (χ4n) is 1.60. The quantitative estimate of drug-likeness (QED) is 0.462. The molecule has 0 radical (unpaired) electrons. The van der Waals surface area contributed by atoms with Crippen molar-refractivity contribution in [3.05, 3.63) is 68.7 Å². The van der Waals surface area contributed by atoms with E-state index in [1.165, 1.54) is 12.1 Å². The minimum absolute atomic E-state index is 0.0368. The number of nitro groups is 1. The third kappa shape index (κ3) is 3.62. The number of non-ortho nitro benzene ring substituents is 1. The number of benzene rings is 2. The van der Waals surface area contributed by atoms with Gasteiger partial charge in [0.05, 0.1) is 9.95 Å². The minimum Gasteiger partial charge on any atom is -0.489 e. The van der Waals surface area contributed by atoms with Crippen LogP contribution in [0.5, 0.6) is 5.75 Å². The van der Waals surface area contributed by atoms with E-state index in [-0.39, 0.29) is 12.3 Å². The first-order chi connectivity index (χ1) is 9.60. The predicted molar refractivity (Wildman–Crippen MR) is 78.4 cm³/mol. The molecule has 0 saturated carbocycles. The van der Waals surface area contributed by atoms with E-state index in [2.05, 4.69) is 0 Å². The van der Waals surface area contributed by atoms with E-state index in [0.717, 1.165) is 5.56 Å². The molecule has 0 N–H and O–H groups in total. The van der Waals surface area contributed by atoms with Crippen molar-refractivity contribution in [1.82, 2.24) is 0 Å². The van der Waals surface area contributed by atoms with Crippen LogP contribution in [0.3, 0.4) is 0 Å². The van der Waals surface area contributed by atoms with Gasteiger partial charge in [-0.05, 0) is 23.8 Å². The van der Waals surface area contributed by atoms with Crippen molar-refractivity contribution >= 4 is 28.9 Å². The highest BCUT2D eigenvalue weighted by Gasteiger charge is 2.09. The maximum Gasteiger partial charge on any atom is 0.270 e. The fraction of sp³-hybridized carbons (Fsp3) is 0.143. The Morgan fingerprint density at radius 2 is 1.85 bits per heavy atom. The molecule has 4 nitrogen and oxygen atoms in total. The average molecular weight is 312 g/mol. The molecule has 0 heterocycles. The van der Waals surface area contributed by atoms with Gasteiger partial charge >= 0.3 is 0 Å². The molecule has 0 aromatic heterocycles. The number of nitro benzene ring substituents is 1. The first kappa shape index (κ1) is 14.6. The van der Waals surface area contributed by atoms with E-state index in [0.29, 0.717) is 22.2 Å². The Morgan fingerprint density at radius 3 is 2.40 bits per heavy atom. The molecule has 0 aliphatic rings. The topological polar surface area (TPSA) is 52.4 Å². The van der Waals surface area contributed by atoms with Crippen LogP contribution in [0.15, 0.2) is 42.5 Å². The summed E-state index contributed by atoms with van der Waals surface area (Å²) >= 11 is 11.7. The summed E-state index contributed by atoms with van der Waals surface area (Å²) in [5.74, 6) is 1.14. The summed E-state index contributed by atoms with van der Waals surface area (Å²) in [5.41, 5.74) is 1.66. The number of halogens is 2. The Kier molecular flexibility index (Phi) is 4.82. The van der Waals surface area contributed by atoms with E-state index in [9.17, 15) is 10.1 Å². The molecule has 0 aliphatic carbocycles. The van der Waals surface area contributed by atoms with E-state index in [4.69, 9.17) is 27.9 Å². The molecule has 0 bridgehead atoms. The van der Waals surface area contributed by atoms with Crippen molar-refractivity contribution in [3.8, 4) is 5.75 Å².